The second-order valence-electron chi connectivity index (χ2n) is 9.90. The van der Waals surface area contributed by atoms with Crippen molar-refractivity contribution in [3.63, 3.8) is 0 Å². The summed E-state index contributed by atoms with van der Waals surface area (Å²) in [5.74, 6) is -1.30. The summed E-state index contributed by atoms with van der Waals surface area (Å²) in [6, 6.07) is 3.24. The number of ether oxygens (including phenoxy) is 1. The van der Waals surface area contributed by atoms with Crippen LogP contribution in [0.15, 0.2) is 37.1 Å². The van der Waals surface area contributed by atoms with Gasteiger partial charge in [-0.25, -0.2) is 9.37 Å². The number of carbonyl (C=O) groups excluding carboxylic acids is 2. The van der Waals surface area contributed by atoms with E-state index in [9.17, 15) is 14.7 Å². The van der Waals surface area contributed by atoms with Gasteiger partial charge in [-0.2, -0.15) is 5.10 Å². The predicted molar refractivity (Wildman–Crippen MR) is 141 cm³/mol. The van der Waals surface area contributed by atoms with E-state index in [1.807, 2.05) is 25.1 Å². The van der Waals surface area contributed by atoms with E-state index in [1.54, 1.807) is 14.5 Å². The summed E-state index contributed by atoms with van der Waals surface area (Å²) < 4.78 is 23.0. The van der Waals surface area contributed by atoms with Gasteiger partial charge in [-0.15, -0.1) is 0 Å². The lowest BCUT2D eigenvalue weighted by Crippen LogP contribution is -2.57. The minimum absolute atomic E-state index is 0.0329. The summed E-state index contributed by atoms with van der Waals surface area (Å²) in [5.41, 5.74) is 1.76. The van der Waals surface area contributed by atoms with Crippen molar-refractivity contribution >= 4 is 29.2 Å². The molecule has 3 aliphatic rings. The van der Waals surface area contributed by atoms with Gasteiger partial charge in [-0.1, -0.05) is 24.2 Å². The predicted octanol–water partition coefficient (Wildman–Crippen LogP) is 3.29. The molecule has 1 fully saturated rings. The zero-order chi connectivity index (χ0) is 27.6. The van der Waals surface area contributed by atoms with E-state index in [0.717, 1.165) is 11.3 Å². The highest BCUT2D eigenvalue weighted by Gasteiger charge is 2.43. The van der Waals surface area contributed by atoms with Crippen molar-refractivity contribution < 1.29 is 23.8 Å². The third-order valence-corrected chi connectivity index (χ3v) is 7.93. The zero-order valence-electron chi connectivity index (χ0n) is 21.4. The van der Waals surface area contributed by atoms with Crippen LogP contribution in [0.3, 0.4) is 0 Å². The van der Waals surface area contributed by atoms with Crippen LogP contribution in [0.4, 0.5) is 10.2 Å². The average Bonchev–Trinajstić information content (AvgIpc) is 3.38. The number of fused-ring (bicyclic) bond motifs is 3. The third-order valence-electron chi connectivity index (χ3n) is 7.58. The molecule has 202 valence electrons. The lowest BCUT2D eigenvalue weighted by molar-refractivity contribution is -0.128. The number of piperazine rings is 1. The fourth-order valence-corrected chi connectivity index (χ4v) is 5.94. The van der Waals surface area contributed by atoms with Crippen LogP contribution in [-0.2, 0) is 18.4 Å². The summed E-state index contributed by atoms with van der Waals surface area (Å²) in [4.78, 5) is 36.4. The fourth-order valence-electron chi connectivity index (χ4n) is 5.65. The van der Waals surface area contributed by atoms with Gasteiger partial charge in [0.15, 0.2) is 5.75 Å². The zero-order valence-corrected chi connectivity index (χ0v) is 22.2. The molecule has 10 nitrogen and oxygen atoms in total. The van der Waals surface area contributed by atoms with Crippen molar-refractivity contribution in [1.82, 2.24) is 24.6 Å². The molecule has 0 spiro atoms. The maximum absolute atomic E-state index is 15.0. The van der Waals surface area contributed by atoms with Crippen molar-refractivity contribution in [3.05, 3.63) is 64.7 Å². The first kappa shape index (κ1) is 25.2. The molecular formula is C27H26ClFN6O4. The number of halogens is 2. The van der Waals surface area contributed by atoms with E-state index in [4.69, 9.17) is 21.3 Å². The number of phenols is 1. The molecule has 1 aromatic carbocycles. The molecule has 5 heterocycles. The average molecular weight is 553 g/mol. The molecule has 1 saturated heterocycles. The van der Waals surface area contributed by atoms with Gasteiger partial charge in [0, 0.05) is 45.0 Å². The number of aryl methyl sites for hydroxylation is 1. The van der Waals surface area contributed by atoms with E-state index in [1.165, 1.54) is 24.3 Å². The number of carbonyl (C=O) groups is 2. The normalized spacial score (nSPS) is 20.2. The number of pyridine rings is 1. The van der Waals surface area contributed by atoms with Crippen LogP contribution in [-0.4, -0.2) is 73.8 Å². The summed E-state index contributed by atoms with van der Waals surface area (Å²) in [6.45, 7) is 6.88. The summed E-state index contributed by atoms with van der Waals surface area (Å²) in [5, 5.41) is 15.1. The SMILES string of the molecule is C=CC(=O)N1CCN2C(=O)c3c(N4Cc5cn(C)nc5C4C)nc(-c4c(O)cccc4F)c(Cl)c3OCC2C1. The maximum atomic E-state index is 15.0. The van der Waals surface area contributed by atoms with Gasteiger partial charge in [0.1, 0.15) is 40.3 Å². The van der Waals surface area contributed by atoms with E-state index < -0.39 is 11.9 Å². The first-order valence-corrected chi connectivity index (χ1v) is 12.9. The number of nitrogens with zero attached hydrogens (tertiary/aromatic N) is 6. The van der Waals surface area contributed by atoms with Crippen LogP contribution < -0.4 is 9.64 Å². The first-order chi connectivity index (χ1) is 18.7. The Hall–Kier alpha value is -4.12. The van der Waals surface area contributed by atoms with Gasteiger partial charge < -0.3 is 24.5 Å². The standard InChI is InChI=1S/C27H26ClFN6O4/c1-4-19(37)33-8-9-34-16(12-33)13-39-25-21(27(34)38)26(35-11-15-10-32(3)31-23(15)14(35)2)30-24(22(25)28)20-17(29)6-5-7-18(20)36/h4-7,10,14,16,36H,1,8-9,11-13H2,2-3H3. The molecule has 12 heteroatoms. The van der Waals surface area contributed by atoms with Crippen molar-refractivity contribution in [2.75, 3.05) is 31.1 Å². The van der Waals surface area contributed by atoms with Gasteiger partial charge in [-0.3, -0.25) is 14.3 Å². The van der Waals surface area contributed by atoms with Crippen LogP contribution in [0.5, 0.6) is 11.5 Å². The maximum Gasteiger partial charge on any atom is 0.261 e. The monoisotopic (exact) mass is 552 g/mol. The van der Waals surface area contributed by atoms with Crippen molar-refractivity contribution in [2.24, 2.45) is 7.05 Å². The first-order valence-electron chi connectivity index (χ1n) is 12.5. The molecule has 6 rings (SSSR count). The molecule has 0 saturated carbocycles. The Labute approximate surface area is 228 Å². The van der Waals surface area contributed by atoms with Gasteiger partial charge in [0.25, 0.3) is 5.91 Å². The molecule has 2 aromatic heterocycles. The minimum Gasteiger partial charge on any atom is -0.507 e. The minimum atomic E-state index is -0.716. The Morgan fingerprint density at radius 1 is 1.28 bits per heavy atom. The summed E-state index contributed by atoms with van der Waals surface area (Å²) in [6.07, 6.45) is 3.16. The topological polar surface area (TPSA) is 104 Å². The van der Waals surface area contributed by atoms with Crippen LogP contribution >= 0.6 is 11.6 Å². The highest BCUT2D eigenvalue weighted by Crippen LogP contribution is 2.48. The van der Waals surface area contributed by atoms with E-state index in [2.05, 4.69) is 11.7 Å². The van der Waals surface area contributed by atoms with E-state index >= 15 is 4.39 Å². The molecule has 2 atom stereocenters. The Bertz CT molecular complexity index is 1520. The van der Waals surface area contributed by atoms with Gasteiger partial charge in [-0.05, 0) is 25.1 Å². The number of phenolic OH excluding ortho intramolecular Hbond substituents is 1. The highest BCUT2D eigenvalue weighted by molar-refractivity contribution is 6.35. The Morgan fingerprint density at radius 2 is 2.08 bits per heavy atom. The highest BCUT2D eigenvalue weighted by atomic mass is 35.5. The van der Waals surface area contributed by atoms with Crippen molar-refractivity contribution in [1.29, 1.82) is 0 Å². The molecule has 2 unspecified atom stereocenters. The molecule has 0 radical (unpaired) electrons. The van der Waals surface area contributed by atoms with Crippen molar-refractivity contribution in [2.45, 2.75) is 25.6 Å². The largest absolute Gasteiger partial charge is 0.507 e. The number of anilines is 1. The quantitative estimate of drug-likeness (QED) is 0.497. The summed E-state index contributed by atoms with van der Waals surface area (Å²) >= 11 is 6.80. The fraction of sp³-hybridized carbons (Fsp3) is 0.333. The molecule has 39 heavy (non-hydrogen) atoms. The van der Waals surface area contributed by atoms with Crippen LogP contribution in [0, 0.1) is 5.82 Å². The van der Waals surface area contributed by atoms with Gasteiger partial charge in [0.05, 0.1) is 23.3 Å². The Balaban J connectivity index is 1.52. The number of aromatic nitrogens is 3. The number of aromatic hydroxyl groups is 1. The van der Waals surface area contributed by atoms with E-state index in [0.29, 0.717) is 13.1 Å². The lowest BCUT2D eigenvalue weighted by atomic mass is 10.0. The number of hydrogen-bond donors (Lipinski definition) is 1. The van der Waals surface area contributed by atoms with Gasteiger partial charge >= 0.3 is 0 Å². The van der Waals surface area contributed by atoms with Crippen molar-refractivity contribution in [3.8, 4) is 22.8 Å². The lowest BCUT2D eigenvalue weighted by Gasteiger charge is -2.39. The van der Waals surface area contributed by atoms with Crippen LogP contribution in [0.25, 0.3) is 11.3 Å². The molecule has 1 N–H and O–H groups in total. The second kappa shape index (κ2) is 9.26. The Morgan fingerprint density at radius 3 is 2.79 bits per heavy atom. The smallest absolute Gasteiger partial charge is 0.261 e. The molecule has 0 aliphatic carbocycles. The van der Waals surface area contributed by atoms with E-state index in [-0.39, 0.29) is 76.7 Å². The molecule has 0 bridgehead atoms. The number of hydrogen-bond acceptors (Lipinski definition) is 7. The van der Waals surface area contributed by atoms with Crippen LogP contribution in [0.1, 0.15) is 34.6 Å². The van der Waals surface area contributed by atoms with Gasteiger partial charge in [0.2, 0.25) is 5.91 Å². The molecular weight excluding hydrogens is 527 g/mol. The number of benzene rings is 1. The molecule has 3 aliphatic heterocycles. The molecule has 2 amide bonds. The van der Waals surface area contributed by atoms with Crippen LogP contribution in [0.2, 0.25) is 5.02 Å². The third kappa shape index (κ3) is 3.91. The molecule has 3 aromatic rings. The summed E-state index contributed by atoms with van der Waals surface area (Å²) in [7, 11) is 1.84. The second-order valence-corrected chi connectivity index (χ2v) is 10.3. The Kier molecular flexibility index (Phi) is 5.98. The number of rotatable bonds is 3. The number of amides is 2.